The molecule has 0 radical (unpaired) electrons. The number of hydrogen-bond acceptors (Lipinski definition) is 7. The van der Waals surface area contributed by atoms with Gasteiger partial charge in [-0.15, -0.1) is 22.0 Å². The number of aromatic nitrogens is 2. The average Bonchev–Trinajstić information content (AvgIpc) is 3.03. The van der Waals surface area contributed by atoms with Crippen LogP contribution in [-0.2, 0) is 21.8 Å². The second kappa shape index (κ2) is 9.26. The Morgan fingerprint density at radius 3 is 2.78 bits per heavy atom. The molecule has 1 amide bonds. The lowest BCUT2D eigenvalue weighted by Gasteiger charge is -2.02. The second-order valence-corrected chi connectivity index (χ2v) is 6.51. The molecule has 0 aliphatic carbocycles. The highest BCUT2D eigenvalue weighted by Gasteiger charge is 2.13. The first-order valence-electron chi connectivity index (χ1n) is 7.07. The van der Waals surface area contributed by atoms with E-state index in [1.807, 2.05) is 30.3 Å². The number of nitrogens with zero attached hydrogens (tertiary/aromatic N) is 2. The minimum Gasteiger partial charge on any atom is -0.465 e. The van der Waals surface area contributed by atoms with E-state index < -0.39 is 0 Å². The zero-order valence-electron chi connectivity index (χ0n) is 12.7. The van der Waals surface area contributed by atoms with Gasteiger partial charge in [0.25, 0.3) is 5.91 Å². The molecule has 23 heavy (non-hydrogen) atoms. The van der Waals surface area contributed by atoms with Gasteiger partial charge in [0, 0.05) is 12.3 Å². The van der Waals surface area contributed by atoms with Crippen LogP contribution in [0.4, 0.5) is 0 Å². The van der Waals surface area contributed by atoms with Gasteiger partial charge in [-0.2, -0.15) is 0 Å². The molecule has 1 aromatic heterocycles. The van der Waals surface area contributed by atoms with Crippen molar-refractivity contribution in [1.82, 2.24) is 15.5 Å². The molecule has 0 aliphatic rings. The Kier molecular flexibility index (Phi) is 7.02. The fourth-order valence-corrected chi connectivity index (χ4v) is 3.30. The van der Waals surface area contributed by atoms with Crippen LogP contribution < -0.4 is 5.32 Å². The molecule has 0 saturated carbocycles. The van der Waals surface area contributed by atoms with Gasteiger partial charge in [-0.05, 0) is 12.5 Å². The summed E-state index contributed by atoms with van der Waals surface area (Å²) in [4.78, 5) is 23.2. The quantitative estimate of drug-likeness (QED) is 0.735. The summed E-state index contributed by atoms with van der Waals surface area (Å²) in [6, 6.07) is 9.66. The molecule has 1 heterocycles. The molecule has 0 fully saturated rings. The highest BCUT2D eigenvalue weighted by Crippen LogP contribution is 2.17. The molecule has 0 aliphatic heterocycles. The number of rotatable bonds is 8. The first-order chi connectivity index (χ1) is 11.2. The molecule has 0 spiro atoms. The maximum absolute atomic E-state index is 12.0. The molecular weight excluding hydrogens is 334 g/mol. The zero-order valence-corrected chi connectivity index (χ0v) is 14.3. The largest absolute Gasteiger partial charge is 0.465 e. The maximum atomic E-state index is 12.0. The van der Waals surface area contributed by atoms with Gasteiger partial charge in [0.1, 0.15) is 5.01 Å². The summed E-state index contributed by atoms with van der Waals surface area (Å²) in [7, 11) is 0. The number of amides is 1. The van der Waals surface area contributed by atoms with Crippen LogP contribution in [0.3, 0.4) is 0 Å². The summed E-state index contributed by atoms with van der Waals surface area (Å²) in [6.45, 7) is 2.60. The third-order valence-corrected chi connectivity index (χ3v) is 4.73. The van der Waals surface area contributed by atoms with Gasteiger partial charge < -0.3 is 10.1 Å². The van der Waals surface area contributed by atoms with Crippen LogP contribution in [0.5, 0.6) is 0 Å². The average molecular weight is 351 g/mol. The van der Waals surface area contributed by atoms with Crippen molar-refractivity contribution in [3.05, 3.63) is 45.9 Å². The van der Waals surface area contributed by atoms with Gasteiger partial charge in [0.2, 0.25) is 5.01 Å². The van der Waals surface area contributed by atoms with Gasteiger partial charge in [0.15, 0.2) is 0 Å². The standard InChI is InChI=1S/C15H17N3O3S2/c1-2-21-13(19)10-22-9-12-17-18-15(23-12)14(20)16-8-11-6-4-3-5-7-11/h3-7H,2,8-10H2,1H3,(H,16,20). The molecule has 0 bridgehead atoms. The molecular formula is C15H17N3O3S2. The Morgan fingerprint density at radius 2 is 2.04 bits per heavy atom. The minimum atomic E-state index is -0.247. The van der Waals surface area contributed by atoms with E-state index in [4.69, 9.17) is 4.74 Å². The molecule has 6 nitrogen and oxygen atoms in total. The monoisotopic (exact) mass is 351 g/mol. The van der Waals surface area contributed by atoms with E-state index in [-0.39, 0.29) is 17.6 Å². The lowest BCUT2D eigenvalue weighted by Crippen LogP contribution is -2.22. The van der Waals surface area contributed by atoms with Gasteiger partial charge in [-0.25, -0.2) is 0 Å². The Balaban J connectivity index is 1.77. The predicted octanol–water partition coefficient (Wildman–Crippen LogP) is 2.26. The van der Waals surface area contributed by atoms with Crippen molar-refractivity contribution < 1.29 is 14.3 Å². The molecule has 8 heteroatoms. The van der Waals surface area contributed by atoms with E-state index in [0.29, 0.717) is 28.9 Å². The van der Waals surface area contributed by atoms with Crippen LogP contribution >= 0.6 is 23.1 Å². The van der Waals surface area contributed by atoms with Crippen LogP contribution in [0, 0.1) is 0 Å². The van der Waals surface area contributed by atoms with Crippen LogP contribution in [0.1, 0.15) is 27.3 Å². The van der Waals surface area contributed by atoms with Crippen molar-refractivity contribution in [3.63, 3.8) is 0 Å². The number of nitrogens with one attached hydrogen (secondary N) is 1. The van der Waals surface area contributed by atoms with Crippen LogP contribution in [0.15, 0.2) is 30.3 Å². The van der Waals surface area contributed by atoms with Crippen molar-refractivity contribution in [1.29, 1.82) is 0 Å². The molecule has 1 aromatic carbocycles. The number of ether oxygens (including phenoxy) is 1. The Morgan fingerprint density at radius 1 is 1.26 bits per heavy atom. The van der Waals surface area contributed by atoms with E-state index in [9.17, 15) is 9.59 Å². The van der Waals surface area contributed by atoms with Crippen LogP contribution in [0.2, 0.25) is 0 Å². The number of hydrogen-bond donors (Lipinski definition) is 1. The van der Waals surface area contributed by atoms with Crippen LogP contribution in [0.25, 0.3) is 0 Å². The molecule has 2 rings (SSSR count). The molecule has 0 saturated heterocycles. The van der Waals surface area contributed by atoms with E-state index in [1.54, 1.807) is 6.92 Å². The van der Waals surface area contributed by atoms with Crippen molar-refractivity contribution in [2.45, 2.75) is 19.2 Å². The number of benzene rings is 1. The van der Waals surface area contributed by atoms with Gasteiger partial charge in [0.05, 0.1) is 12.4 Å². The van der Waals surface area contributed by atoms with Gasteiger partial charge in [-0.1, -0.05) is 41.7 Å². The van der Waals surface area contributed by atoms with Crippen molar-refractivity contribution in [3.8, 4) is 0 Å². The summed E-state index contributed by atoms with van der Waals surface area (Å²) in [5.74, 6) is 0.307. The van der Waals surface area contributed by atoms with Crippen molar-refractivity contribution in [2.24, 2.45) is 0 Å². The van der Waals surface area contributed by atoms with E-state index >= 15 is 0 Å². The van der Waals surface area contributed by atoms with Gasteiger partial charge in [-0.3, -0.25) is 9.59 Å². The molecule has 2 aromatic rings. The topological polar surface area (TPSA) is 81.2 Å². The maximum Gasteiger partial charge on any atom is 0.315 e. The minimum absolute atomic E-state index is 0.243. The van der Waals surface area contributed by atoms with Crippen LogP contribution in [-0.4, -0.2) is 34.4 Å². The fourth-order valence-electron chi connectivity index (χ4n) is 1.68. The SMILES string of the molecule is CCOC(=O)CSCc1nnc(C(=O)NCc2ccccc2)s1. The summed E-state index contributed by atoms with van der Waals surface area (Å²) in [6.07, 6.45) is 0. The number of carbonyl (C=O) groups is 2. The normalized spacial score (nSPS) is 10.3. The first kappa shape index (κ1) is 17.4. The van der Waals surface area contributed by atoms with E-state index in [2.05, 4.69) is 15.5 Å². The number of thioether (sulfide) groups is 1. The van der Waals surface area contributed by atoms with E-state index in [1.165, 1.54) is 23.1 Å². The smallest absolute Gasteiger partial charge is 0.315 e. The number of carbonyl (C=O) groups excluding carboxylic acids is 2. The Bertz CT molecular complexity index is 646. The second-order valence-electron chi connectivity index (χ2n) is 4.47. The van der Waals surface area contributed by atoms with Crippen molar-refractivity contribution >= 4 is 35.0 Å². The third-order valence-electron chi connectivity index (χ3n) is 2.71. The Hall–Kier alpha value is -1.93. The van der Waals surface area contributed by atoms with Gasteiger partial charge >= 0.3 is 5.97 Å². The molecule has 0 atom stereocenters. The third kappa shape index (κ3) is 5.99. The summed E-state index contributed by atoms with van der Waals surface area (Å²) in [5, 5.41) is 11.7. The fraction of sp³-hybridized carbons (Fsp3) is 0.333. The predicted molar refractivity (Wildman–Crippen MR) is 90.3 cm³/mol. The lowest BCUT2D eigenvalue weighted by molar-refractivity contribution is -0.139. The highest BCUT2D eigenvalue weighted by atomic mass is 32.2. The highest BCUT2D eigenvalue weighted by molar-refractivity contribution is 7.99. The summed E-state index contributed by atoms with van der Waals surface area (Å²) < 4.78 is 4.84. The molecule has 122 valence electrons. The molecule has 1 N–H and O–H groups in total. The zero-order chi connectivity index (χ0) is 16.5. The first-order valence-corrected chi connectivity index (χ1v) is 9.04. The Labute approximate surface area is 142 Å². The summed E-state index contributed by atoms with van der Waals surface area (Å²) in [5.41, 5.74) is 1.02. The lowest BCUT2D eigenvalue weighted by atomic mass is 10.2. The van der Waals surface area contributed by atoms with E-state index in [0.717, 1.165) is 5.56 Å². The molecule has 0 unspecified atom stereocenters. The number of esters is 1. The summed E-state index contributed by atoms with van der Waals surface area (Å²) >= 11 is 2.63. The van der Waals surface area contributed by atoms with Crippen molar-refractivity contribution in [2.75, 3.05) is 12.4 Å².